The van der Waals surface area contributed by atoms with Crippen molar-refractivity contribution in [2.24, 2.45) is 0 Å². The highest BCUT2D eigenvalue weighted by molar-refractivity contribution is 7.14. The maximum Gasteiger partial charge on any atom is 0.358 e. The van der Waals surface area contributed by atoms with Crippen molar-refractivity contribution in [2.45, 2.75) is 20.8 Å². The van der Waals surface area contributed by atoms with Gasteiger partial charge >= 0.3 is 5.97 Å². The van der Waals surface area contributed by atoms with Gasteiger partial charge in [-0.1, -0.05) is 18.2 Å². The highest BCUT2D eigenvalue weighted by atomic mass is 32.1. The Labute approximate surface area is 182 Å². The third-order valence-electron chi connectivity index (χ3n) is 4.43. The summed E-state index contributed by atoms with van der Waals surface area (Å²) in [6, 6.07) is 11.4. The van der Waals surface area contributed by atoms with E-state index in [4.69, 9.17) is 4.74 Å². The van der Waals surface area contributed by atoms with Crippen molar-refractivity contribution in [3.05, 3.63) is 58.2 Å². The average molecular weight is 437 g/mol. The molecule has 2 heterocycles. The first-order valence-electron chi connectivity index (χ1n) is 9.19. The molecule has 0 spiro atoms. The standard InChI is InChI=1S/C21H19N5O4S/c1-12-13(2)26(15-7-5-4-6-8-15)19(16(12)9-22)25-18(28)10-30-20(29)17-11-31-21(24-17)23-14(3)27/h4-8,11H,10H2,1-3H3,(H,25,28)(H,23,24,27). The second-order valence-electron chi connectivity index (χ2n) is 6.56. The van der Waals surface area contributed by atoms with Crippen molar-refractivity contribution in [2.75, 3.05) is 17.2 Å². The number of amides is 2. The molecule has 0 saturated heterocycles. The molecule has 0 bridgehead atoms. The van der Waals surface area contributed by atoms with E-state index in [1.807, 2.05) is 37.3 Å². The van der Waals surface area contributed by atoms with Crippen LogP contribution in [0.5, 0.6) is 0 Å². The molecule has 158 valence electrons. The Morgan fingerprint density at radius 2 is 1.90 bits per heavy atom. The molecule has 2 aromatic heterocycles. The summed E-state index contributed by atoms with van der Waals surface area (Å²) in [5, 5.41) is 16.4. The van der Waals surface area contributed by atoms with Crippen LogP contribution in [0.15, 0.2) is 35.7 Å². The summed E-state index contributed by atoms with van der Waals surface area (Å²) in [6.07, 6.45) is 0. The van der Waals surface area contributed by atoms with E-state index < -0.39 is 18.5 Å². The van der Waals surface area contributed by atoms with Gasteiger partial charge in [-0.25, -0.2) is 9.78 Å². The van der Waals surface area contributed by atoms with Gasteiger partial charge < -0.3 is 15.4 Å². The molecule has 0 radical (unpaired) electrons. The predicted octanol–water partition coefficient (Wildman–Crippen LogP) is 3.18. The first-order chi connectivity index (χ1) is 14.8. The predicted molar refractivity (Wildman–Crippen MR) is 115 cm³/mol. The van der Waals surface area contributed by atoms with Gasteiger partial charge in [-0.3, -0.25) is 14.2 Å². The fourth-order valence-corrected chi connectivity index (χ4v) is 3.64. The molecule has 0 fully saturated rings. The lowest BCUT2D eigenvalue weighted by atomic mass is 10.2. The highest BCUT2D eigenvalue weighted by Gasteiger charge is 2.21. The summed E-state index contributed by atoms with van der Waals surface area (Å²) >= 11 is 1.07. The van der Waals surface area contributed by atoms with Gasteiger partial charge in [0.15, 0.2) is 17.4 Å². The van der Waals surface area contributed by atoms with Crippen LogP contribution in [0.25, 0.3) is 5.69 Å². The minimum Gasteiger partial charge on any atom is -0.451 e. The van der Waals surface area contributed by atoms with Crippen LogP contribution in [-0.2, 0) is 14.3 Å². The zero-order valence-electron chi connectivity index (χ0n) is 17.1. The summed E-state index contributed by atoms with van der Waals surface area (Å²) in [6.45, 7) is 4.42. The van der Waals surface area contributed by atoms with E-state index >= 15 is 0 Å². The van der Waals surface area contributed by atoms with Crippen LogP contribution >= 0.6 is 11.3 Å². The van der Waals surface area contributed by atoms with Crippen LogP contribution in [0.3, 0.4) is 0 Å². The molecule has 10 heteroatoms. The number of anilines is 2. The fourth-order valence-electron chi connectivity index (χ4n) is 2.91. The number of para-hydroxylation sites is 1. The maximum absolute atomic E-state index is 12.5. The molecule has 0 aliphatic rings. The van der Waals surface area contributed by atoms with E-state index in [9.17, 15) is 19.6 Å². The molecular formula is C21H19N5O4S. The average Bonchev–Trinajstić information content (AvgIpc) is 3.29. The molecule has 9 nitrogen and oxygen atoms in total. The smallest absolute Gasteiger partial charge is 0.358 e. The minimum atomic E-state index is -0.797. The third-order valence-corrected chi connectivity index (χ3v) is 5.19. The largest absolute Gasteiger partial charge is 0.451 e. The van der Waals surface area contributed by atoms with E-state index in [-0.39, 0.29) is 16.7 Å². The molecule has 31 heavy (non-hydrogen) atoms. The van der Waals surface area contributed by atoms with Crippen molar-refractivity contribution in [1.82, 2.24) is 9.55 Å². The van der Waals surface area contributed by atoms with Crippen molar-refractivity contribution in [3.8, 4) is 11.8 Å². The zero-order chi connectivity index (χ0) is 22.5. The number of carbonyl (C=O) groups excluding carboxylic acids is 3. The van der Waals surface area contributed by atoms with Gasteiger partial charge in [0.2, 0.25) is 5.91 Å². The van der Waals surface area contributed by atoms with Crippen LogP contribution in [0, 0.1) is 25.2 Å². The summed E-state index contributed by atoms with van der Waals surface area (Å²) in [7, 11) is 0. The van der Waals surface area contributed by atoms with Crippen LogP contribution in [0.1, 0.15) is 34.2 Å². The Kier molecular flexibility index (Phi) is 6.47. The number of aromatic nitrogens is 2. The van der Waals surface area contributed by atoms with E-state index in [2.05, 4.69) is 21.7 Å². The monoisotopic (exact) mass is 437 g/mol. The summed E-state index contributed by atoms with van der Waals surface area (Å²) in [5.74, 6) is -1.40. The van der Waals surface area contributed by atoms with Gasteiger partial charge in [0.25, 0.3) is 5.91 Å². The summed E-state index contributed by atoms with van der Waals surface area (Å²) in [4.78, 5) is 39.6. The Hall–Kier alpha value is -3.97. The Bertz CT molecular complexity index is 1190. The SMILES string of the molecule is CC(=O)Nc1nc(C(=O)OCC(=O)Nc2c(C#N)c(C)c(C)n2-c2ccccc2)cs1. The first kappa shape index (κ1) is 21.7. The van der Waals surface area contributed by atoms with Crippen molar-refractivity contribution in [3.63, 3.8) is 0 Å². The fraction of sp³-hybridized carbons (Fsp3) is 0.190. The van der Waals surface area contributed by atoms with Crippen molar-refractivity contribution >= 4 is 40.1 Å². The lowest BCUT2D eigenvalue weighted by Gasteiger charge is -2.13. The number of benzene rings is 1. The van der Waals surface area contributed by atoms with Crippen LogP contribution in [-0.4, -0.2) is 33.9 Å². The van der Waals surface area contributed by atoms with E-state index in [0.717, 1.165) is 28.3 Å². The van der Waals surface area contributed by atoms with E-state index in [0.29, 0.717) is 11.4 Å². The Balaban J connectivity index is 1.74. The van der Waals surface area contributed by atoms with Gasteiger partial charge in [0.05, 0.1) is 5.56 Å². The van der Waals surface area contributed by atoms with Crippen molar-refractivity contribution in [1.29, 1.82) is 5.26 Å². The number of nitriles is 1. The number of carbonyl (C=O) groups is 3. The Morgan fingerprint density at radius 3 is 2.55 bits per heavy atom. The highest BCUT2D eigenvalue weighted by Crippen LogP contribution is 2.29. The van der Waals surface area contributed by atoms with Crippen LogP contribution in [0.2, 0.25) is 0 Å². The lowest BCUT2D eigenvalue weighted by molar-refractivity contribution is -0.119. The van der Waals surface area contributed by atoms with Gasteiger partial charge in [0.1, 0.15) is 11.9 Å². The number of rotatable bonds is 6. The van der Waals surface area contributed by atoms with Gasteiger partial charge in [0, 0.05) is 23.7 Å². The first-order valence-corrected chi connectivity index (χ1v) is 10.1. The molecule has 0 saturated carbocycles. The number of thiazole rings is 1. The molecule has 0 aliphatic carbocycles. The maximum atomic E-state index is 12.5. The van der Waals surface area contributed by atoms with Gasteiger partial charge in [-0.15, -0.1) is 11.3 Å². The molecule has 0 atom stereocenters. The van der Waals surface area contributed by atoms with Gasteiger partial charge in [-0.05, 0) is 31.5 Å². The number of esters is 1. The molecule has 2 N–H and O–H groups in total. The third kappa shape index (κ3) is 4.79. The minimum absolute atomic E-state index is 0.0152. The second kappa shape index (κ2) is 9.23. The normalized spacial score (nSPS) is 10.3. The number of nitrogens with zero attached hydrogens (tertiary/aromatic N) is 3. The van der Waals surface area contributed by atoms with Gasteiger partial charge in [-0.2, -0.15) is 5.26 Å². The van der Waals surface area contributed by atoms with E-state index in [1.165, 1.54) is 12.3 Å². The number of ether oxygens (including phenoxy) is 1. The molecule has 0 unspecified atom stereocenters. The van der Waals surface area contributed by atoms with Crippen molar-refractivity contribution < 1.29 is 19.1 Å². The topological polar surface area (TPSA) is 126 Å². The number of hydrogen-bond acceptors (Lipinski definition) is 7. The molecule has 3 rings (SSSR count). The van der Waals surface area contributed by atoms with E-state index in [1.54, 1.807) is 11.5 Å². The van der Waals surface area contributed by atoms with Crippen LogP contribution in [0.4, 0.5) is 10.9 Å². The molecule has 1 aromatic carbocycles. The summed E-state index contributed by atoms with van der Waals surface area (Å²) < 4.78 is 6.80. The molecule has 2 amide bonds. The molecule has 3 aromatic rings. The molecular weight excluding hydrogens is 418 g/mol. The number of nitrogens with one attached hydrogen (secondary N) is 2. The quantitative estimate of drug-likeness (QED) is 0.571. The van der Waals surface area contributed by atoms with Crippen LogP contribution < -0.4 is 10.6 Å². The lowest BCUT2D eigenvalue weighted by Crippen LogP contribution is -2.23. The molecule has 0 aliphatic heterocycles. The summed E-state index contributed by atoms with van der Waals surface area (Å²) in [5.41, 5.74) is 2.65. The Morgan fingerprint density at radius 1 is 1.19 bits per heavy atom. The number of hydrogen-bond donors (Lipinski definition) is 2. The second-order valence-corrected chi connectivity index (χ2v) is 7.42. The zero-order valence-corrected chi connectivity index (χ0v) is 17.9.